The highest BCUT2D eigenvalue weighted by Crippen LogP contribution is 2.21. The molecule has 0 aliphatic rings. The van der Waals surface area contributed by atoms with Gasteiger partial charge in [-0.05, 0) is 35.9 Å². The van der Waals surface area contributed by atoms with Crippen LogP contribution in [0.25, 0.3) is 0 Å². The third-order valence-corrected chi connectivity index (χ3v) is 2.97. The number of anilines is 1. The molecule has 0 aromatic heterocycles. The number of hydrogen-bond acceptors (Lipinski definition) is 2. The van der Waals surface area contributed by atoms with Gasteiger partial charge in [0.2, 0.25) is 5.91 Å². The number of aromatic carboxylic acids is 1. The van der Waals surface area contributed by atoms with Crippen molar-refractivity contribution >= 4 is 29.2 Å². The Hall–Kier alpha value is -2.40. The van der Waals surface area contributed by atoms with E-state index < -0.39 is 17.7 Å². The molecule has 0 aliphatic heterocycles. The average molecular weight is 308 g/mol. The van der Waals surface area contributed by atoms with E-state index in [0.717, 1.165) is 0 Å². The van der Waals surface area contributed by atoms with Crippen molar-refractivity contribution in [1.82, 2.24) is 0 Å². The summed E-state index contributed by atoms with van der Waals surface area (Å²) < 4.78 is 13.0. The highest BCUT2D eigenvalue weighted by atomic mass is 35.5. The number of rotatable bonds is 4. The molecule has 0 bridgehead atoms. The minimum Gasteiger partial charge on any atom is -0.478 e. The predicted octanol–water partition coefficient (Wildman–Crippen LogP) is 3.36. The summed E-state index contributed by atoms with van der Waals surface area (Å²) in [7, 11) is 0. The first-order chi connectivity index (χ1) is 9.95. The highest BCUT2D eigenvalue weighted by Gasteiger charge is 2.13. The van der Waals surface area contributed by atoms with E-state index in [1.807, 2.05) is 0 Å². The van der Waals surface area contributed by atoms with E-state index in [1.54, 1.807) is 6.07 Å². The summed E-state index contributed by atoms with van der Waals surface area (Å²) in [6.45, 7) is 0. The van der Waals surface area contributed by atoms with Crippen molar-refractivity contribution in [2.75, 3.05) is 5.32 Å². The van der Waals surface area contributed by atoms with Crippen molar-refractivity contribution in [2.24, 2.45) is 0 Å². The molecule has 21 heavy (non-hydrogen) atoms. The second-order valence-corrected chi connectivity index (χ2v) is 4.79. The van der Waals surface area contributed by atoms with Crippen LogP contribution in [0.15, 0.2) is 42.5 Å². The van der Waals surface area contributed by atoms with Gasteiger partial charge in [-0.25, -0.2) is 9.18 Å². The van der Waals surface area contributed by atoms with Crippen molar-refractivity contribution in [2.45, 2.75) is 6.42 Å². The summed E-state index contributed by atoms with van der Waals surface area (Å²) in [4.78, 5) is 23.0. The van der Waals surface area contributed by atoms with Crippen LogP contribution in [-0.4, -0.2) is 17.0 Å². The Kier molecular flexibility index (Phi) is 4.55. The molecule has 0 saturated carbocycles. The minimum atomic E-state index is -1.20. The third-order valence-electron chi connectivity index (χ3n) is 2.74. The zero-order valence-electron chi connectivity index (χ0n) is 10.8. The molecule has 0 atom stereocenters. The standard InChI is InChI=1S/C15H11ClFNO3/c16-10-4-5-13(12(8-10)15(20)21)18-14(19)7-9-2-1-3-11(17)6-9/h1-6,8H,7H2,(H,18,19)(H,20,21). The van der Waals surface area contributed by atoms with Gasteiger partial charge in [0.1, 0.15) is 5.82 Å². The molecule has 0 spiro atoms. The monoisotopic (exact) mass is 307 g/mol. The summed E-state index contributed by atoms with van der Waals surface area (Å²) in [6.07, 6.45) is -0.0561. The average Bonchev–Trinajstić information content (AvgIpc) is 2.40. The minimum absolute atomic E-state index is 0.0561. The molecule has 4 nitrogen and oxygen atoms in total. The molecule has 0 fully saturated rings. The lowest BCUT2D eigenvalue weighted by atomic mass is 10.1. The van der Waals surface area contributed by atoms with Crippen molar-refractivity contribution < 1.29 is 19.1 Å². The van der Waals surface area contributed by atoms with Gasteiger partial charge >= 0.3 is 5.97 Å². The second-order valence-electron chi connectivity index (χ2n) is 4.35. The largest absolute Gasteiger partial charge is 0.478 e. The number of carboxylic acids is 1. The van der Waals surface area contributed by atoms with Crippen LogP contribution in [0.4, 0.5) is 10.1 Å². The van der Waals surface area contributed by atoms with Gasteiger partial charge < -0.3 is 10.4 Å². The number of hydrogen-bond donors (Lipinski definition) is 2. The van der Waals surface area contributed by atoms with Crippen LogP contribution in [0.1, 0.15) is 15.9 Å². The van der Waals surface area contributed by atoms with Crippen LogP contribution in [0.2, 0.25) is 5.02 Å². The van der Waals surface area contributed by atoms with Gasteiger partial charge in [0, 0.05) is 5.02 Å². The van der Waals surface area contributed by atoms with Crippen LogP contribution in [0.3, 0.4) is 0 Å². The maximum atomic E-state index is 13.0. The quantitative estimate of drug-likeness (QED) is 0.910. The Bertz CT molecular complexity index is 703. The number of benzene rings is 2. The maximum absolute atomic E-state index is 13.0. The molecule has 2 aromatic rings. The zero-order chi connectivity index (χ0) is 15.4. The first-order valence-corrected chi connectivity index (χ1v) is 6.40. The van der Waals surface area contributed by atoms with E-state index in [1.165, 1.54) is 36.4 Å². The fraction of sp³-hybridized carbons (Fsp3) is 0.0667. The smallest absolute Gasteiger partial charge is 0.337 e. The normalized spacial score (nSPS) is 10.2. The maximum Gasteiger partial charge on any atom is 0.337 e. The van der Waals surface area contributed by atoms with Crippen molar-refractivity contribution in [1.29, 1.82) is 0 Å². The van der Waals surface area contributed by atoms with Crippen LogP contribution in [0, 0.1) is 5.82 Å². The molecule has 2 aromatic carbocycles. The SMILES string of the molecule is O=C(Cc1cccc(F)c1)Nc1ccc(Cl)cc1C(=O)O. The Labute approximate surface area is 125 Å². The number of nitrogens with one attached hydrogen (secondary N) is 1. The van der Waals surface area contributed by atoms with E-state index in [2.05, 4.69) is 5.32 Å². The molecule has 2 N–H and O–H groups in total. The number of halogens is 2. The van der Waals surface area contributed by atoms with Gasteiger partial charge in [0.15, 0.2) is 0 Å². The molecule has 1 amide bonds. The summed E-state index contributed by atoms with van der Waals surface area (Å²) in [5.41, 5.74) is 0.543. The van der Waals surface area contributed by atoms with Crippen molar-refractivity contribution in [3.8, 4) is 0 Å². The van der Waals surface area contributed by atoms with Gasteiger partial charge in [-0.3, -0.25) is 4.79 Å². The number of amides is 1. The van der Waals surface area contributed by atoms with Gasteiger partial charge in [0.25, 0.3) is 0 Å². The summed E-state index contributed by atoms with van der Waals surface area (Å²) in [6, 6.07) is 9.79. The molecular weight excluding hydrogens is 297 g/mol. The molecule has 108 valence electrons. The zero-order valence-corrected chi connectivity index (χ0v) is 11.5. The molecule has 0 saturated heterocycles. The van der Waals surface area contributed by atoms with Crippen molar-refractivity contribution in [3.05, 3.63) is 64.4 Å². The molecule has 0 aliphatic carbocycles. The van der Waals surface area contributed by atoms with Gasteiger partial charge in [-0.1, -0.05) is 23.7 Å². The van der Waals surface area contributed by atoms with Gasteiger partial charge in [-0.15, -0.1) is 0 Å². The topological polar surface area (TPSA) is 66.4 Å². The third kappa shape index (κ3) is 4.03. The number of carbonyl (C=O) groups excluding carboxylic acids is 1. The molecule has 2 rings (SSSR count). The van der Waals surface area contributed by atoms with Crippen molar-refractivity contribution in [3.63, 3.8) is 0 Å². The summed E-state index contributed by atoms with van der Waals surface area (Å²) in [5.74, 6) is -2.07. The Morgan fingerprint density at radius 1 is 1.19 bits per heavy atom. The van der Waals surface area contributed by atoms with E-state index in [9.17, 15) is 14.0 Å². The van der Waals surface area contributed by atoms with Crippen LogP contribution in [-0.2, 0) is 11.2 Å². The highest BCUT2D eigenvalue weighted by molar-refractivity contribution is 6.31. The predicted molar refractivity (Wildman–Crippen MR) is 77.1 cm³/mol. The van der Waals surface area contributed by atoms with Crippen LogP contribution >= 0.6 is 11.6 Å². The Morgan fingerprint density at radius 3 is 2.62 bits per heavy atom. The lowest BCUT2D eigenvalue weighted by Gasteiger charge is -2.09. The molecule has 0 radical (unpaired) electrons. The van der Waals surface area contributed by atoms with Crippen LogP contribution in [0.5, 0.6) is 0 Å². The fourth-order valence-electron chi connectivity index (χ4n) is 1.83. The molecular formula is C15H11ClFNO3. The van der Waals surface area contributed by atoms with Gasteiger partial charge in [0.05, 0.1) is 17.7 Å². The Balaban J connectivity index is 2.15. The summed E-state index contributed by atoms with van der Waals surface area (Å²) in [5, 5.41) is 11.8. The molecule has 0 heterocycles. The van der Waals surface area contributed by atoms with E-state index in [0.29, 0.717) is 5.56 Å². The number of carbonyl (C=O) groups is 2. The second kappa shape index (κ2) is 6.37. The lowest BCUT2D eigenvalue weighted by Crippen LogP contribution is -2.16. The van der Waals surface area contributed by atoms with Gasteiger partial charge in [-0.2, -0.15) is 0 Å². The van der Waals surface area contributed by atoms with E-state index in [4.69, 9.17) is 16.7 Å². The number of carboxylic acid groups (broad SMARTS) is 1. The Morgan fingerprint density at radius 2 is 1.95 bits per heavy atom. The first-order valence-electron chi connectivity index (χ1n) is 6.03. The van der Waals surface area contributed by atoms with Crippen LogP contribution < -0.4 is 5.32 Å². The summed E-state index contributed by atoms with van der Waals surface area (Å²) >= 11 is 5.73. The molecule has 6 heteroatoms. The van der Waals surface area contributed by atoms with E-state index >= 15 is 0 Å². The lowest BCUT2D eigenvalue weighted by molar-refractivity contribution is -0.115. The fourth-order valence-corrected chi connectivity index (χ4v) is 2.00. The first kappa shape index (κ1) is 15.0. The van der Waals surface area contributed by atoms with E-state index in [-0.39, 0.29) is 22.7 Å². The molecule has 0 unspecified atom stereocenters.